The van der Waals surface area contributed by atoms with Gasteiger partial charge >= 0.3 is 0 Å². The van der Waals surface area contributed by atoms with E-state index in [9.17, 15) is 14.9 Å². The number of nitrogens with zero attached hydrogens (tertiary/aromatic N) is 1. The average Bonchev–Trinajstić information content (AvgIpc) is 2.73. The lowest BCUT2D eigenvalue weighted by molar-refractivity contribution is -0.385. The van der Waals surface area contributed by atoms with E-state index in [1.807, 2.05) is 54.6 Å². The summed E-state index contributed by atoms with van der Waals surface area (Å²) in [7, 11) is 0. The van der Waals surface area contributed by atoms with Crippen molar-refractivity contribution in [2.75, 3.05) is 6.54 Å². The third-order valence-corrected chi connectivity index (χ3v) is 4.51. The van der Waals surface area contributed by atoms with Crippen LogP contribution in [0, 0.1) is 10.1 Å². The zero-order valence-electron chi connectivity index (χ0n) is 15.5. The van der Waals surface area contributed by atoms with Gasteiger partial charge in [0.2, 0.25) is 0 Å². The number of carbonyl (C=O) groups excluding carboxylic acids is 1. The highest BCUT2D eigenvalue weighted by molar-refractivity contribution is 6.31. The van der Waals surface area contributed by atoms with Gasteiger partial charge in [0.05, 0.1) is 4.92 Å². The number of rotatable bonds is 8. The molecule has 0 bridgehead atoms. The first kappa shape index (κ1) is 20.4. The number of nitro benzene ring substituents is 1. The summed E-state index contributed by atoms with van der Waals surface area (Å²) in [6.07, 6.45) is 0.589. The molecule has 3 aromatic rings. The topological polar surface area (TPSA) is 81.5 Å². The minimum atomic E-state index is -0.616. The van der Waals surface area contributed by atoms with Gasteiger partial charge in [0.15, 0.2) is 0 Å². The predicted octanol–water partition coefficient (Wildman–Crippen LogP) is 4.80. The Hall–Kier alpha value is -3.38. The highest BCUT2D eigenvalue weighted by Gasteiger charge is 2.20. The van der Waals surface area contributed by atoms with Crippen LogP contribution < -0.4 is 10.1 Å². The molecule has 0 spiro atoms. The van der Waals surface area contributed by atoms with Gasteiger partial charge in [0.25, 0.3) is 11.6 Å². The van der Waals surface area contributed by atoms with Crippen LogP contribution >= 0.6 is 11.6 Å². The van der Waals surface area contributed by atoms with E-state index in [0.29, 0.717) is 19.6 Å². The second-order valence-electron chi connectivity index (χ2n) is 6.34. The normalized spacial score (nSPS) is 10.4. The first-order valence-corrected chi connectivity index (χ1v) is 9.38. The summed E-state index contributed by atoms with van der Waals surface area (Å²) in [5.41, 5.74) is 1.79. The Bertz CT molecular complexity index is 991. The highest BCUT2D eigenvalue weighted by Crippen LogP contribution is 2.23. The number of benzene rings is 3. The lowest BCUT2D eigenvalue weighted by Gasteiger charge is -2.08. The van der Waals surface area contributed by atoms with Gasteiger partial charge in [0, 0.05) is 17.6 Å². The van der Waals surface area contributed by atoms with E-state index in [-0.39, 0.29) is 16.3 Å². The van der Waals surface area contributed by atoms with Crippen LogP contribution in [0.4, 0.5) is 5.69 Å². The predicted molar refractivity (Wildman–Crippen MR) is 111 cm³/mol. The number of hydrogen-bond donors (Lipinski definition) is 1. The molecule has 0 atom stereocenters. The summed E-state index contributed by atoms with van der Waals surface area (Å²) in [5, 5.41) is 14.0. The summed E-state index contributed by atoms with van der Waals surface area (Å²) < 4.78 is 5.75. The molecule has 0 aliphatic rings. The van der Waals surface area contributed by atoms with Crippen molar-refractivity contribution in [2.24, 2.45) is 0 Å². The van der Waals surface area contributed by atoms with Crippen molar-refractivity contribution in [3.05, 3.63) is 105 Å². The fourth-order valence-electron chi connectivity index (χ4n) is 2.76. The van der Waals surface area contributed by atoms with Crippen LogP contribution in [0.1, 0.15) is 21.5 Å². The van der Waals surface area contributed by atoms with E-state index in [0.717, 1.165) is 16.9 Å². The van der Waals surface area contributed by atoms with Crippen molar-refractivity contribution in [2.45, 2.75) is 13.0 Å². The standard InChI is InChI=1S/C22H19ClN2O4/c23-18-8-11-20(21(14-18)25(27)28)22(26)24-13-12-16-6-9-19(10-7-16)29-15-17-4-2-1-3-5-17/h1-11,14H,12-13,15H2,(H,24,26). The molecule has 0 unspecified atom stereocenters. The number of nitro groups is 1. The number of nitrogens with one attached hydrogen (secondary N) is 1. The molecule has 148 valence electrons. The van der Waals surface area contributed by atoms with Crippen molar-refractivity contribution in [1.29, 1.82) is 0 Å². The van der Waals surface area contributed by atoms with E-state index in [1.165, 1.54) is 18.2 Å². The first-order chi connectivity index (χ1) is 14.0. The van der Waals surface area contributed by atoms with Gasteiger partial charge < -0.3 is 10.1 Å². The van der Waals surface area contributed by atoms with Gasteiger partial charge in [0.1, 0.15) is 17.9 Å². The number of amides is 1. The van der Waals surface area contributed by atoms with Crippen molar-refractivity contribution in [1.82, 2.24) is 5.32 Å². The van der Waals surface area contributed by atoms with E-state index >= 15 is 0 Å². The Morgan fingerprint density at radius 2 is 1.72 bits per heavy atom. The molecular formula is C22H19ClN2O4. The van der Waals surface area contributed by atoms with Gasteiger partial charge in [-0.05, 0) is 41.8 Å². The molecule has 0 saturated heterocycles. The maximum atomic E-state index is 12.3. The molecule has 0 radical (unpaired) electrons. The smallest absolute Gasteiger partial charge is 0.283 e. The highest BCUT2D eigenvalue weighted by atomic mass is 35.5. The van der Waals surface area contributed by atoms with Crippen LogP contribution in [-0.4, -0.2) is 17.4 Å². The SMILES string of the molecule is O=C(NCCc1ccc(OCc2ccccc2)cc1)c1ccc(Cl)cc1[N+](=O)[O-]. The molecular weight excluding hydrogens is 392 g/mol. The lowest BCUT2D eigenvalue weighted by Crippen LogP contribution is -2.26. The van der Waals surface area contributed by atoms with Crippen LogP contribution in [0.2, 0.25) is 5.02 Å². The molecule has 0 aliphatic carbocycles. The molecule has 0 fully saturated rings. The van der Waals surface area contributed by atoms with Gasteiger partial charge in [-0.3, -0.25) is 14.9 Å². The van der Waals surface area contributed by atoms with Crippen LogP contribution in [0.25, 0.3) is 0 Å². The van der Waals surface area contributed by atoms with Crippen molar-refractivity contribution in [3.63, 3.8) is 0 Å². The molecule has 7 heteroatoms. The summed E-state index contributed by atoms with van der Waals surface area (Å²) >= 11 is 5.77. The monoisotopic (exact) mass is 410 g/mol. The summed E-state index contributed by atoms with van der Waals surface area (Å²) in [5.74, 6) is 0.259. The Kier molecular flexibility index (Phi) is 6.81. The van der Waals surface area contributed by atoms with Gasteiger partial charge in [-0.2, -0.15) is 0 Å². The number of halogens is 1. The van der Waals surface area contributed by atoms with E-state index in [1.54, 1.807) is 0 Å². The molecule has 29 heavy (non-hydrogen) atoms. The molecule has 0 aliphatic heterocycles. The Morgan fingerprint density at radius 1 is 1.00 bits per heavy atom. The molecule has 0 aromatic heterocycles. The first-order valence-electron chi connectivity index (χ1n) is 9.01. The van der Waals surface area contributed by atoms with Crippen LogP contribution in [0.15, 0.2) is 72.8 Å². The Labute approximate surface area is 173 Å². The molecule has 3 aromatic carbocycles. The summed E-state index contributed by atoms with van der Waals surface area (Å²) in [4.78, 5) is 22.8. The average molecular weight is 411 g/mol. The number of ether oxygens (including phenoxy) is 1. The van der Waals surface area contributed by atoms with Gasteiger partial charge in [-0.25, -0.2) is 0 Å². The quantitative estimate of drug-likeness (QED) is 0.427. The minimum absolute atomic E-state index is 0.0101. The lowest BCUT2D eigenvalue weighted by atomic mass is 10.1. The third-order valence-electron chi connectivity index (χ3n) is 4.27. The Morgan fingerprint density at radius 3 is 2.41 bits per heavy atom. The zero-order chi connectivity index (χ0) is 20.6. The molecule has 1 N–H and O–H groups in total. The van der Waals surface area contributed by atoms with Gasteiger partial charge in [-0.1, -0.05) is 54.1 Å². The minimum Gasteiger partial charge on any atom is -0.489 e. The van der Waals surface area contributed by atoms with E-state index in [2.05, 4.69) is 5.32 Å². The van der Waals surface area contributed by atoms with Crippen molar-refractivity contribution >= 4 is 23.2 Å². The largest absolute Gasteiger partial charge is 0.489 e. The fourth-order valence-corrected chi connectivity index (χ4v) is 2.92. The van der Waals surface area contributed by atoms with E-state index in [4.69, 9.17) is 16.3 Å². The molecule has 6 nitrogen and oxygen atoms in total. The van der Waals surface area contributed by atoms with Crippen molar-refractivity contribution in [3.8, 4) is 5.75 Å². The maximum Gasteiger partial charge on any atom is 0.283 e. The maximum absolute atomic E-state index is 12.3. The molecule has 3 rings (SSSR count). The third kappa shape index (κ3) is 5.80. The zero-order valence-corrected chi connectivity index (χ0v) is 16.3. The van der Waals surface area contributed by atoms with Crippen LogP contribution in [-0.2, 0) is 13.0 Å². The van der Waals surface area contributed by atoms with Crippen molar-refractivity contribution < 1.29 is 14.5 Å². The number of carbonyl (C=O) groups is 1. The Balaban J connectivity index is 1.50. The van der Waals surface area contributed by atoms with Gasteiger partial charge in [-0.15, -0.1) is 0 Å². The fraction of sp³-hybridized carbons (Fsp3) is 0.136. The number of hydrogen-bond acceptors (Lipinski definition) is 4. The second kappa shape index (κ2) is 9.71. The molecule has 0 heterocycles. The van der Waals surface area contributed by atoms with Crippen LogP contribution in [0.3, 0.4) is 0 Å². The summed E-state index contributed by atoms with van der Waals surface area (Å²) in [6, 6.07) is 21.5. The molecule has 0 saturated carbocycles. The van der Waals surface area contributed by atoms with Crippen LogP contribution in [0.5, 0.6) is 5.75 Å². The summed E-state index contributed by atoms with van der Waals surface area (Å²) in [6.45, 7) is 0.846. The second-order valence-corrected chi connectivity index (χ2v) is 6.78. The van der Waals surface area contributed by atoms with E-state index < -0.39 is 10.8 Å². The molecule has 1 amide bonds.